The molecular formula is C11H19N5O2. The Kier molecular flexibility index (Phi) is 4.70. The average molecular weight is 253 g/mol. The van der Waals surface area contributed by atoms with Gasteiger partial charge in [-0.2, -0.15) is 0 Å². The topological polar surface area (TPSA) is 84.6 Å². The zero-order valence-corrected chi connectivity index (χ0v) is 11.2. The molecule has 7 nitrogen and oxygen atoms in total. The van der Waals surface area contributed by atoms with Crippen molar-refractivity contribution in [1.29, 1.82) is 0 Å². The number of nitrogen functional groups attached to an aromatic ring is 1. The van der Waals surface area contributed by atoms with Crippen LogP contribution in [0.2, 0.25) is 0 Å². The molecule has 0 aromatic carbocycles. The first-order valence-electron chi connectivity index (χ1n) is 5.60. The normalized spacial score (nSPS) is 10.0. The van der Waals surface area contributed by atoms with E-state index in [9.17, 15) is 4.79 Å². The summed E-state index contributed by atoms with van der Waals surface area (Å²) in [6.07, 6.45) is 1.36. The molecule has 0 radical (unpaired) electrons. The number of methoxy groups -OCH3 is 1. The summed E-state index contributed by atoms with van der Waals surface area (Å²) in [5, 5.41) is 0. The smallest absolute Gasteiger partial charge is 0.241 e. The summed E-state index contributed by atoms with van der Waals surface area (Å²) in [5.41, 5.74) is 5.72. The van der Waals surface area contributed by atoms with Gasteiger partial charge in [0, 0.05) is 20.6 Å². The third kappa shape index (κ3) is 2.99. The zero-order chi connectivity index (χ0) is 13.7. The fraction of sp³-hybridized carbons (Fsp3) is 0.545. The van der Waals surface area contributed by atoms with E-state index in [1.165, 1.54) is 18.3 Å². The summed E-state index contributed by atoms with van der Waals surface area (Å²) in [5.74, 6) is 1.17. The highest BCUT2D eigenvalue weighted by Crippen LogP contribution is 2.29. The molecule has 1 heterocycles. The van der Waals surface area contributed by atoms with E-state index >= 15 is 0 Å². The molecule has 2 N–H and O–H groups in total. The Morgan fingerprint density at radius 1 is 1.44 bits per heavy atom. The van der Waals surface area contributed by atoms with Crippen LogP contribution in [0.15, 0.2) is 6.33 Å². The SMILES string of the molecule is CCN(CC(=O)N(C)C)c1ncnc(N)c1OC. The van der Waals surface area contributed by atoms with E-state index < -0.39 is 0 Å². The number of likely N-dealkylation sites (N-methyl/N-ethyl adjacent to an activating group) is 2. The lowest BCUT2D eigenvalue weighted by Gasteiger charge is -2.24. The number of amides is 1. The van der Waals surface area contributed by atoms with Crippen LogP contribution in [0.25, 0.3) is 0 Å². The van der Waals surface area contributed by atoms with Gasteiger partial charge in [-0.05, 0) is 6.92 Å². The molecule has 0 aliphatic rings. The number of carbonyl (C=O) groups is 1. The summed E-state index contributed by atoms with van der Waals surface area (Å²) in [4.78, 5) is 23.1. The molecule has 0 fully saturated rings. The van der Waals surface area contributed by atoms with Gasteiger partial charge in [0.1, 0.15) is 6.33 Å². The Morgan fingerprint density at radius 3 is 2.61 bits per heavy atom. The Labute approximate surface area is 107 Å². The minimum atomic E-state index is -0.0175. The molecule has 1 amide bonds. The fourth-order valence-corrected chi connectivity index (χ4v) is 1.44. The molecule has 1 aromatic rings. The Hall–Kier alpha value is -2.05. The maximum absolute atomic E-state index is 11.7. The molecule has 0 saturated heterocycles. The third-order valence-electron chi connectivity index (χ3n) is 2.52. The van der Waals surface area contributed by atoms with E-state index in [-0.39, 0.29) is 18.3 Å². The molecule has 0 saturated carbocycles. The molecule has 100 valence electrons. The minimum absolute atomic E-state index is 0.0175. The van der Waals surface area contributed by atoms with Gasteiger partial charge in [-0.25, -0.2) is 9.97 Å². The van der Waals surface area contributed by atoms with Crippen LogP contribution in [-0.2, 0) is 4.79 Å². The number of ether oxygens (including phenoxy) is 1. The van der Waals surface area contributed by atoms with Gasteiger partial charge in [0.25, 0.3) is 0 Å². The van der Waals surface area contributed by atoms with E-state index in [1.54, 1.807) is 19.0 Å². The van der Waals surface area contributed by atoms with Crippen molar-refractivity contribution < 1.29 is 9.53 Å². The molecule has 0 bridgehead atoms. The Bertz CT molecular complexity index is 422. The van der Waals surface area contributed by atoms with Crippen LogP contribution in [0.5, 0.6) is 5.75 Å². The quantitative estimate of drug-likeness (QED) is 0.794. The van der Waals surface area contributed by atoms with Crippen LogP contribution >= 0.6 is 0 Å². The van der Waals surface area contributed by atoms with Crippen molar-refractivity contribution in [3.8, 4) is 5.75 Å². The molecule has 0 spiro atoms. The number of hydrogen-bond donors (Lipinski definition) is 1. The first kappa shape index (κ1) is 14.0. The van der Waals surface area contributed by atoms with E-state index in [2.05, 4.69) is 9.97 Å². The number of nitrogens with two attached hydrogens (primary N) is 1. The van der Waals surface area contributed by atoms with E-state index in [0.717, 1.165) is 0 Å². The summed E-state index contributed by atoms with van der Waals surface area (Å²) in [6.45, 7) is 2.77. The van der Waals surface area contributed by atoms with E-state index in [4.69, 9.17) is 10.5 Å². The first-order chi connectivity index (χ1) is 8.51. The van der Waals surface area contributed by atoms with Crippen molar-refractivity contribution in [1.82, 2.24) is 14.9 Å². The van der Waals surface area contributed by atoms with Crippen LogP contribution in [0.4, 0.5) is 11.6 Å². The summed E-state index contributed by atoms with van der Waals surface area (Å²) < 4.78 is 5.18. The molecule has 0 aliphatic heterocycles. The van der Waals surface area contributed by atoms with Crippen LogP contribution in [-0.4, -0.2) is 55.1 Å². The molecule has 0 aliphatic carbocycles. The lowest BCUT2D eigenvalue weighted by molar-refractivity contribution is -0.127. The van der Waals surface area contributed by atoms with Crippen LogP contribution in [0, 0.1) is 0 Å². The predicted octanol–water partition coefficient (Wildman–Crippen LogP) is -0.0181. The number of anilines is 2. The Balaban J connectivity index is 3.02. The molecular weight excluding hydrogens is 234 g/mol. The van der Waals surface area contributed by atoms with Crippen molar-refractivity contribution in [2.45, 2.75) is 6.92 Å². The van der Waals surface area contributed by atoms with Crippen molar-refractivity contribution in [2.24, 2.45) is 0 Å². The van der Waals surface area contributed by atoms with E-state index in [1.807, 2.05) is 6.92 Å². The first-order valence-corrected chi connectivity index (χ1v) is 5.60. The summed E-state index contributed by atoms with van der Waals surface area (Å²) in [6, 6.07) is 0. The van der Waals surface area contributed by atoms with Crippen LogP contribution < -0.4 is 15.4 Å². The highest BCUT2D eigenvalue weighted by molar-refractivity contribution is 5.81. The zero-order valence-electron chi connectivity index (χ0n) is 11.2. The molecule has 1 aromatic heterocycles. The molecule has 18 heavy (non-hydrogen) atoms. The summed E-state index contributed by atoms with van der Waals surface area (Å²) >= 11 is 0. The number of aromatic nitrogens is 2. The molecule has 0 unspecified atom stereocenters. The van der Waals surface area contributed by atoms with Crippen molar-refractivity contribution in [2.75, 3.05) is 44.9 Å². The van der Waals surface area contributed by atoms with E-state index in [0.29, 0.717) is 18.1 Å². The maximum Gasteiger partial charge on any atom is 0.241 e. The minimum Gasteiger partial charge on any atom is -0.490 e. The second-order valence-corrected chi connectivity index (χ2v) is 3.92. The largest absolute Gasteiger partial charge is 0.490 e. The number of nitrogens with zero attached hydrogens (tertiary/aromatic N) is 4. The summed E-state index contributed by atoms with van der Waals surface area (Å²) in [7, 11) is 4.92. The number of carbonyl (C=O) groups excluding carboxylic acids is 1. The highest BCUT2D eigenvalue weighted by Gasteiger charge is 2.18. The van der Waals surface area contributed by atoms with Gasteiger partial charge < -0.3 is 20.3 Å². The molecule has 7 heteroatoms. The van der Waals surface area contributed by atoms with Gasteiger partial charge in [0.2, 0.25) is 11.7 Å². The standard InChI is InChI=1S/C11H19N5O2/c1-5-16(6-8(17)15(2)3)11-9(18-4)10(12)13-7-14-11/h7H,5-6H2,1-4H3,(H2,12,13,14). The van der Waals surface area contributed by atoms with Gasteiger partial charge >= 0.3 is 0 Å². The Morgan fingerprint density at radius 2 is 2.11 bits per heavy atom. The van der Waals surface area contributed by atoms with Crippen LogP contribution in [0.1, 0.15) is 6.92 Å². The van der Waals surface area contributed by atoms with Gasteiger partial charge in [-0.3, -0.25) is 4.79 Å². The lowest BCUT2D eigenvalue weighted by atomic mass is 10.4. The van der Waals surface area contributed by atoms with Gasteiger partial charge in [-0.1, -0.05) is 0 Å². The lowest BCUT2D eigenvalue weighted by Crippen LogP contribution is -2.37. The number of rotatable bonds is 5. The second kappa shape index (κ2) is 6.04. The van der Waals surface area contributed by atoms with Crippen molar-refractivity contribution >= 4 is 17.5 Å². The fourth-order valence-electron chi connectivity index (χ4n) is 1.44. The van der Waals surface area contributed by atoms with Gasteiger partial charge in [0.05, 0.1) is 13.7 Å². The molecule has 0 atom stereocenters. The predicted molar refractivity (Wildman–Crippen MR) is 69.6 cm³/mol. The molecule has 1 rings (SSSR count). The third-order valence-corrected chi connectivity index (χ3v) is 2.52. The van der Waals surface area contributed by atoms with Gasteiger partial charge in [0.15, 0.2) is 11.6 Å². The van der Waals surface area contributed by atoms with Gasteiger partial charge in [-0.15, -0.1) is 0 Å². The monoisotopic (exact) mass is 253 g/mol. The van der Waals surface area contributed by atoms with Crippen molar-refractivity contribution in [3.05, 3.63) is 6.33 Å². The average Bonchev–Trinajstić information content (AvgIpc) is 2.35. The maximum atomic E-state index is 11.7. The highest BCUT2D eigenvalue weighted by atomic mass is 16.5. The van der Waals surface area contributed by atoms with Crippen LogP contribution in [0.3, 0.4) is 0 Å². The van der Waals surface area contributed by atoms with Crippen molar-refractivity contribution in [3.63, 3.8) is 0 Å². The second-order valence-electron chi connectivity index (χ2n) is 3.92. The number of hydrogen-bond acceptors (Lipinski definition) is 6.